The summed E-state index contributed by atoms with van der Waals surface area (Å²) in [4.78, 5) is 22.2. The van der Waals surface area contributed by atoms with E-state index >= 15 is 0 Å². The van der Waals surface area contributed by atoms with Gasteiger partial charge in [-0.1, -0.05) is 24.3 Å². The third kappa shape index (κ3) is 3.11. The Hall–Kier alpha value is -2.89. The van der Waals surface area contributed by atoms with E-state index in [4.69, 9.17) is 0 Å². The highest BCUT2D eigenvalue weighted by atomic mass is 16.6. The predicted molar refractivity (Wildman–Crippen MR) is 75.4 cm³/mol. The SMILES string of the molecule is CN(NC(=O)c1cccc([N+](=O)[O-])c1)c1ccccc1. The van der Waals surface area contributed by atoms with Gasteiger partial charge in [0.05, 0.1) is 10.6 Å². The molecule has 0 atom stereocenters. The van der Waals surface area contributed by atoms with Gasteiger partial charge in [-0.15, -0.1) is 0 Å². The monoisotopic (exact) mass is 271 g/mol. The molecule has 0 spiro atoms. The molecule has 6 nitrogen and oxygen atoms in total. The molecule has 2 rings (SSSR count). The molecule has 0 fully saturated rings. The number of benzene rings is 2. The van der Waals surface area contributed by atoms with Crippen molar-refractivity contribution in [2.24, 2.45) is 0 Å². The minimum absolute atomic E-state index is 0.111. The van der Waals surface area contributed by atoms with Crippen molar-refractivity contribution < 1.29 is 9.72 Å². The van der Waals surface area contributed by atoms with Crippen LogP contribution in [0.1, 0.15) is 10.4 Å². The van der Waals surface area contributed by atoms with Crippen LogP contribution in [0.25, 0.3) is 0 Å². The maximum Gasteiger partial charge on any atom is 0.270 e. The largest absolute Gasteiger partial charge is 0.288 e. The molecule has 20 heavy (non-hydrogen) atoms. The lowest BCUT2D eigenvalue weighted by molar-refractivity contribution is -0.384. The van der Waals surface area contributed by atoms with Gasteiger partial charge in [0.15, 0.2) is 0 Å². The third-order valence-electron chi connectivity index (χ3n) is 2.73. The molecule has 6 heteroatoms. The second-order valence-electron chi connectivity index (χ2n) is 4.14. The Morgan fingerprint density at radius 3 is 2.50 bits per heavy atom. The Balaban J connectivity index is 2.12. The van der Waals surface area contributed by atoms with Crippen LogP contribution in [-0.4, -0.2) is 17.9 Å². The minimum atomic E-state index is -0.530. The van der Waals surface area contributed by atoms with Crippen LogP contribution >= 0.6 is 0 Å². The highest BCUT2D eigenvalue weighted by Crippen LogP contribution is 2.14. The van der Waals surface area contributed by atoms with Gasteiger partial charge >= 0.3 is 0 Å². The van der Waals surface area contributed by atoms with Crippen LogP contribution in [0.5, 0.6) is 0 Å². The van der Waals surface area contributed by atoms with E-state index in [1.807, 2.05) is 30.3 Å². The van der Waals surface area contributed by atoms with Gasteiger partial charge in [0.2, 0.25) is 0 Å². The summed E-state index contributed by atoms with van der Waals surface area (Å²) in [5.74, 6) is -0.403. The molecular weight excluding hydrogens is 258 g/mol. The number of hydrogen-bond donors (Lipinski definition) is 1. The molecule has 0 aromatic heterocycles. The number of non-ortho nitro benzene ring substituents is 1. The van der Waals surface area contributed by atoms with Gasteiger partial charge < -0.3 is 0 Å². The molecule has 1 amide bonds. The molecule has 0 bridgehead atoms. The molecule has 0 aliphatic carbocycles. The van der Waals surface area contributed by atoms with Crippen molar-refractivity contribution in [1.82, 2.24) is 5.43 Å². The fourth-order valence-corrected chi connectivity index (χ4v) is 1.69. The lowest BCUT2D eigenvalue weighted by atomic mass is 10.2. The Bertz CT molecular complexity index is 629. The van der Waals surface area contributed by atoms with E-state index < -0.39 is 10.8 Å². The molecule has 0 unspecified atom stereocenters. The molecule has 0 heterocycles. The quantitative estimate of drug-likeness (QED) is 0.684. The number of rotatable bonds is 4. The Morgan fingerprint density at radius 2 is 1.85 bits per heavy atom. The minimum Gasteiger partial charge on any atom is -0.288 e. The molecule has 0 aliphatic heterocycles. The van der Waals surface area contributed by atoms with E-state index in [1.54, 1.807) is 12.1 Å². The van der Waals surface area contributed by atoms with Crippen molar-refractivity contribution in [3.8, 4) is 0 Å². The molecular formula is C14H13N3O3. The Labute approximate surface area is 115 Å². The van der Waals surface area contributed by atoms with E-state index in [2.05, 4.69) is 5.43 Å². The molecule has 0 saturated carbocycles. The van der Waals surface area contributed by atoms with Crippen LogP contribution in [0.2, 0.25) is 0 Å². The van der Waals surface area contributed by atoms with Gasteiger partial charge in [-0.25, -0.2) is 0 Å². The van der Waals surface area contributed by atoms with Crippen LogP contribution in [0.3, 0.4) is 0 Å². The first kappa shape index (κ1) is 13.5. The van der Waals surface area contributed by atoms with Gasteiger partial charge in [0.1, 0.15) is 0 Å². The fourth-order valence-electron chi connectivity index (χ4n) is 1.69. The van der Waals surface area contributed by atoms with Crippen LogP contribution < -0.4 is 10.4 Å². The second-order valence-corrected chi connectivity index (χ2v) is 4.14. The Kier molecular flexibility index (Phi) is 3.95. The average Bonchev–Trinajstić information content (AvgIpc) is 2.48. The zero-order chi connectivity index (χ0) is 14.5. The number of amides is 1. The summed E-state index contributed by atoms with van der Waals surface area (Å²) in [6, 6.07) is 14.9. The standard InChI is InChI=1S/C14H13N3O3/c1-16(12-7-3-2-4-8-12)15-14(18)11-6-5-9-13(10-11)17(19)20/h2-10H,1H3,(H,15,18). The Morgan fingerprint density at radius 1 is 1.15 bits per heavy atom. The van der Waals surface area contributed by atoms with Crippen LogP contribution in [0.15, 0.2) is 54.6 Å². The number of hydrazine groups is 1. The first-order valence-electron chi connectivity index (χ1n) is 5.92. The van der Waals surface area contributed by atoms with E-state index in [-0.39, 0.29) is 11.3 Å². The van der Waals surface area contributed by atoms with Crippen molar-refractivity contribution >= 4 is 17.3 Å². The fraction of sp³-hybridized carbons (Fsp3) is 0.0714. The number of nitro groups is 1. The second kappa shape index (κ2) is 5.83. The number of anilines is 1. The molecule has 0 radical (unpaired) electrons. The summed E-state index contributed by atoms with van der Waals surface area (Å²) in [6.07, 6.45) is 0. The first-order valence-corrected chi connectivity index (χ1v) is 5.92. The normalized spacial score (nSPS) is 9.85. The average molecular weight is 271 g/mol. The van der Waals surface area contributed by atoms with Crippen molar-refractivity contribution in [2.45, 2.75) is 0 Å². The first-order chi connectivity index (χ1) is 9.58. The molecule has 0 saturated heterocycles. The lowest BCUT2D eigenvalue weighted by Crippen LogP contribution is -2.39. The van der Waals surface area contributed by atoms with Gasteiger partial charge in [-0.2, -0.15) is 0 Å². The molecule has 1 N–H and O–H groups in total. The lowest BCUT2D eigenvalue weighted by Gasteiger charge is -2.20. The van der Waals surface area contributed by atoms with Gasteiger partial charge in [-0.05, 0) is 18.2 Å². The molecule has 2 aromatic carbocycles. The van der Waals surface area contributed by atoms with Gasteiger partial charge in [-0.3, -0.25) is 25.3 Å². The number of para-hydroxylation sites is 1. The smallest absolute Gasteiger partial charge is 0.270 e. The topological polar surface area (TPSA) is 75.5 Å². The number of carbonyl (C=O) groups is 1. The van der Waals surface area contributed by atoms with Crippen LogP contribution in [0.4, 0.5) is 11.4 Å². The number of nitro benzene ring substituents is 1. The zero-order valence-electron chi connectivity index (χ0n) is 10.8. The van der Waals surface area contributed by atoms with Crippen molar-refractivity contribution in [1.29, 1.82) is 0 Å². The predicted octanol–water partition coefficient (Wildman–Crippen LogP) is 2.38. The van der Waals surface area contributed by atoms with Gasteiger partial charge in [0.25, 0.3) is 11.6 Å². The summed E-state index contributed by atoms with van der Waals surface area (Å²) < 4.78 is 0. The molecule has 2 aromatic rings. The van der Waals surface area contributed by atoms with E-state index in [0.29, 0.717) is 0 Å². The molecule has 0 aliphatic rings. The summed E-state index contributed by atoms with van der Waals surface area (Å²) >= 11 is 0. The number of nitrogens with zero attached hydrogens (tertiary/aromatic N) is 2. The summed E-state index contributed by atoms with van der Waals surface area (Å²) in [7, 11) is 1.70. The summed E-state index contributed by atoms with van der Waals surface area (Å²) in [6.45, 7) is 0. The van der Waals surface area contributed by atoms with E-state index in [1.165, 1.54) is 24.3 Å². The molecule has 102 valence electrons. The zero-order valence-corrected chi connectivity index (χ0v) is 10.8. The van der Waals surface area contributed by atoms with E-state index in [0.717, 1.165) is 5.69 Å². The number of nitrogens with one attached hydrogen (secondary N) is 1. The summed E-state index contributed by atoms with van der Waals surface area (Å²) in [5, 5.41) is 12.2. The maximum absolute atomic E-state index is 12.0. The van der Waals surface area contributed by atoms with Crippen molar-refractivity contribution in [3.05, 3.63) is 70.3 Å². The highest BCUT2D eigenvalue weighted by Gasteiger charge is 2.12. The van der Waals surface area contributed by atoms with Crippen LogP contribution in [-0.2, 0) is 0 Å². The van der Waals surface area contributed by atoms with Crippen LogP contribution in [0, 0.1) is 10.1 Å². The van der Waals surface area contributed by atoms with Crippen molar-refractivity contribution in [2.75, 3.05) is 12.1 Å². The van der Waals surface area contributed by atoms with Crippen molar-refractivity contribution in [3.63, 3.8) is 0 Å². The van der Waals surface area contributed by atoms with Gasteiger partial charge in [0, 0.05) is 24.7 Å². The number of hydrogen-bond acceptors (Lipinski definition) is 4. The maximum atomic E-state index is 12.0. The summed E-state index contributed by atoms with van der Waals surface area (Å²) in [5.41, 5.74) is 3.59. The highest BCUT2D eigenvalue weighted by molar-refractivity contribution is 5.95. The van der Waals surface area contributed by atoms with E-state index in [9.17, 15) is 14.9 Å². The number of carbonyl (C=O) groups excluding carboxylic acids is 1. The third-order valence-corrected chi connectivity index (χ3v) is 2.73.